The van der Waals surface area contributed by atoms with E-state index in [-0.39, 0.29) is 0 Å². The first-order valence-corrected chi connectivity index (χ1v) is 7.43. The van der Waals surface area contributed by atoms with Crippen LogP contribution in [0.25, 0.3) is 33.4 Å². The highest BCUT2D eigenvalue weighted by Crippen LogP contribution is 2.37. The van der Waals surface area contributed by atoms with Gasteiger partial charge in [0.05, 0.1) is 5.39 Å². The van der Waals surface area contributed by atoms with E-state index in [0.717, 1.165) is 27.8 Å². The molecule has 4 rings (SSSR count). The lowest BCUT2D eigenvalue weighted by Crippen LogP contribution is -1.95. The van der Waals surface area contributed by atoms with Crippen molar-refractivity contribution in [2.45, 2.75) is 0 Å². The minimum absolute atomic E-state index is 0.406. The van der Waals surface area contributed by atoms with E-state index in [4.69, 9.17) is 17.3 Å². The van der Waals surface area contributed by atoms with Gasteiger partial charge in [0.1, 0.15) is 5.69 Å². The molecule has 0 unspecified atom stereocenters. The fraction of sp³-hybridized carbons (Fsp3) is 0. The van der Waals surface area contributed by atoms with Gasteiger partial charge in [-0.3, -0.25) is 5.10 Å². The first-order valence-electron chi connectivity index (χ1n) is 7.05. The molecule has 0 atom stereocenters. The maximum atomic E-state index is 6.05. The number of benzene rings is 2. The number of halogens is 1. The maximum absolute atomic E-state index is 6.05. The van der Waals surface area contributed by atoms with E-state index in [0.29, 0.717) is 16.5 Å². The van der Waals surface area contributed by atoms with Crippen molar-refractivity contribution in [1.82, 2.24) is 20.4 Å². The molecule has 6 heteroatoms. The average Bonchev–Trinajstić information content (AvgIpc) is 2.97. The van der Waals surface area contributed by atoms with Crippen LogP contribution in [0.5, 0.6) is 0 Å². The molecule has 23 heavy (non-hydrogen) atoms. The predicted octanol–water partition coefficient (Wildman–Crippen LogP) is 3.92. The number of nitrogens with zero attached hydrogens (tertiary/aromatic N) is 3. The molecular weight excluding hydrogens is 310 g/mol. The van der Waals surface area contributed by atoms with Gasteiger partial charge in [-0.25, -0.2) is 0 Å². The zero-order valence-electron chi connectivity index (χ0n) is 12.0. The highest BCUT2D eigenvalue weighted by molar-refractivity contribution is 6.30. The quantitative estimate of drug-likeness (QED) is 0.586. The van der Waals surface area contributed by atoms with Crippen LogP contribution in [0.4, 0.5) is 5.82 Å². The molecule has 0 amide bonds. The summed E-state index contributed by atoms with van der Waals surface area (Å²) in [5.41, 5.74) is 10.2. The van der Waals surface area contributed by atoms with E-state index >= 15 is 0 Å². The Hall–Kier alpha value is -2.92. The van der Waals surface area contributed by atoms with Crippen LogP contribution in [-0.4, -0.2) is 20.4 Å². The van der Waals surface area contributed by atoms with Crippen LogP contribution in [0, 0.1) is 0 Å². The standard InChI is InChI=1S/C17H12ClN5/c18-12-8-6-11(7-9-12)15-13(10-4-2-1-3-5-10)14-16(19)21-23-17(14)22-20-15/h1-9H,(H3,19,21,22,23). The summed E-state index contributed by atoms with van der Waals surface area (Å²) in [7, 11) is 0. The molecule has 4 aromatic rings. The highest BCUT2D eigenvalue weighted by atomic mass is 35.5. The summed E-state index contributed by atoms with van der Waals surface area (Å²) in [6.07, 6.45) is 0. The Kier molecular flexibility index (Phi) is 3.20. The van der Waals surface area contributed by atoms with E-state index in [9.17, 15) is 0 Å². The van der Waals surface area contributed by atoms with Crippen LogP contribution in [0.1, 0.15) is 0 Å². The summed E-state index contributed by atoms with van der Waals surface area (Å²) in [6.45, 7) is 0. The van der Waals surface area contributed by atoms with Gasteiger partial charge < -0.3 is 5.73 Å². The maximum Gasteiger partial charge on any atom is 0.180 e. The van der Waals surface area contributed by atoms with Gasteiger partial charge in [0.25, 0.3) is 0 Å². The van der Waals surface area contributed by atoms with Gasteiger partial charge in [-0.1, -0.05) is 54.1 Å². The first kappa shape index (κ1) is 13.7. The molecule has 0 aliphatic carbocycles. The van der Waals surface area contributed by atoms with Gasteiger partial charge in [-0.05, 0) is 17.7 Å². The van der Waals surface area contributed by atoms with Crippen LogP contribution in [0.2, 0.25) is 5.02 Å². The summed E-state index contributed by atoms with van der Waals surface area (Å²) in [6, 6.07) is 17.4. The third-order valence-corrected chi connectivity index (χ3v) is 3.94. The van der Waals surface area contributed by atoms with E-state index in [1.807, 2.05) is 54.6 Å². The number of nitrogens with two attached hydrogens (primary N) is 1. The van der Waals surface area contributed by atoms with E-state index in [1.165, 1.54) is 0 Å². The number of aromatic nitrogens is 4. The van der Waals surface area contributed by atoms with E-state index in [2.05, 4.69) is 20.4 Å². The molecule has 0 saturated carbocycles. The van der Waals surface area contributed by atoms with Crippen molar-refractivity contribution in [1.29, 1.82) is 0 Å². The molecule has 0 fully saturated rings. The number of aromatic amines is 1. The Labute approximate surface area is 137 Å². The molecule has 0 bridgehead atoms. The smallest absolute Gasteiger partial charge is 0.180 e. The SMILES string of the molecule is Nc1n[nH]c2nnc(-c3ccc(Cl)cc3)c(-c3ccccc3)c12. The number of nitrogens with one attached hydrogen (secondary N) is 1. The zero-order chi connectivity index (χ0) is 15.8. The lowest BCUT2D eigenvalue weighted by atomic mass is 9.97. The molecule has 2 aromatic heterocycles. The summed E-state index contributed by atoms with van der Waals surface area (Å²) < 4.78 is 0. The van der Waals surface area contributed by atoms with E-state index in [1.54, 1.807) is 0 Å². The lowest BCUT2D eigenvalue weighted by Gasteiger charge is -2.10. The van der Waals surface area contributed by atoms with Crippen molar-refractivity contribution < 1.29 is 0 Å². The topological polar surface area (TPSA) is 80.5 Å². The Morgan fingerprint density at radius 2 is 1.61 bits per heavy atom. The van der Waals surface area contributed by atoms with Gasteiger partial charge in [0.15, 0.2) is 11.5 Å². The number of hydrogen-bond donors (Lipinski definition) is 2. The van der Waals surface area contributed by atoms with Gasteiger partial charge in [-0.2, -0.15) is 5.10 Å². The van der Waals surface area contributed by atoms with Crippen molar-refractivity contribution >= 4 is 28.5 Å². The van der Waals surface area contributed by atoms with Crippen LogP contribution >= 0.6 is 11.6 Å². The molecule has 0 saturated heterocycles. The monoisotopic (exact) mass is 321 g/mol. The van der Waals surface area contributed by atoms with E-state index < -0.39 is 0 Å². The number of hydrogen-bond acceptors (Lipinski definition) is 4. The Bertz CT molecular complexity index is 977. The van der Waals surface area contributed by atoms with Crippen LogP contribution < -0.4 is 5.73 Å². The number of H-pyrrole nitrogens is 1. The van der Waals surface area contributed by atoms with Gasteiger partial charge >= 0.3 is 0 Å². The molecule has 3 N–H and O–H groups in total. The number of nitrogen functional groups attached to an aromatic ring is 1. The average molecular weight is 322 g/mol. The summed E-state index contributed by atoms with van der Waals surface area (Å²) in [4.78, 5) is 0. The third kappa shape index (κ3) is 2.31. The fourth-order valence-corrected chi connectivity index (χ4v) is 2.76. The minimum atomic E-state index is 0.406. The van der Waals surface area contributed by atoms with Crippen LogP contribution in [-0.2, 0) is 0 Å². The second-order valence-electron chi connectivity index (χ2n) is 5.13. The normalized spacial score (nSPS) is 11.0. The Morgan fingerprint density at radius 3 is 2.35 bits per heavy atom. The Morgan fingerprint density at radius 1 is 0.870 bits per heavy atom. The van der Waals surface area contributed by atoms with Gasteiger partial charge in [-0.15, -0.1) is 10.2 Å². The van der Waals surface area contributed by atoms with Crippen molar-refractivity contribution in [3.63, 3.8) is 0 Å². The number of fused-ring (bicyclic) bond motifs is 1. The molecule has 2 heterocycles. The van der Waals surface area contributed by atoms with Crippen molar-refractivity contribution in [2.24, 2.45) is 0 Å². The second kappa shape index (κ2) is 5.37. The predicted molar refractivity (Wildman–Crippen MR) is 92.0 cm³/mol. The van der Waals surface area contributed by atoms with Gasteiger partial charge in [0.2, 0.25) is 0 Å². The molecule has 0 aliphatic heterocycles. The first-order chi connectivity index (χ1) is 11.2. The lowest BCUT2D eigenvalue weighted by molar-refractivity contribution is 1.03. The largest absolute Gasteiger partial charge is 0.382 e. The zero-order valence-corrected chi connectivity index (χ0v) is 12.7. The summed E-state index contributed by atoms with van der Waals surface area (Å²) >= 11 is 5.99. The molecule has 2 aromatic carbocycles. The molecular formula is C17H12ClN5. The molecule has 5 nitrogen and oxygen atoms in total. The third-order valence-electron chi connectivity index (χ3n) is 3.69. The van der Waals surface area contributed by atoms with Crippen molar-refractivity contribution in [2.75, 3.05) is 5.73 Å². The molecule has 0 aliphatic rings. The minimum Gasteiger partial charge on any atom is -0.382 e. The number of anilines is 1. The molecule has 0 radical (unpaired) electrons. The van der Waals surface area contributed by atoms with Crippen molar-refractivity contribution in [3.8, 4) is 22.4 Å². The summed E-state index contributed by atoms with van der Waals surface area (Å²) in [5.74, 6) is 0.406. The second-order valence-corrected chi connectivity index (χ2v) is 5.57. The fourth-order valence-electron chi connectivity index (χ4n) is 2.63. The van der Waals surface area contributed by atoms with Crippen molar-refractivity contribution in [3.05, 3.63) is 59.6 Å². The van der Waals surface area contributed by atoms with Crippen LogP contribution in [0.3, 0.4) is 0 Å². The molecule has 112 valence electrons. The van der Waals surface area contributed by atoms with Gasteiger partial charge in [0, 0.05) is 16.1 Å². The Balaban J connectivity index is 2.08. The molecule has 0 spiro atoms. The highest BCUT2D eigenvalue weighted by Gasteiger charge is 2.18. The number of rotatable bonds is 2. The summed E-state index contributed by atoms with van der Waals surface area (Å²) in [5, 5.41) is 16.9. The van der Waals surface area contributed by atoms with Crippen LogP contribution in [0.15, 0.2) is 54.6 Å².